The van der Waals surface area contributed by atoms with Gasteiger partial charge < -0.3 is 4.42 Å². The highest BCUT2D eigenvalue weighted by Crippen LogP contribution is 2.28. The standard InChI is InChI=1S/C23H21N5O3S/c1-15-5-9-17(10-6-15)21-25-27-23(28(21)18-11-7-16(2)8-12-18)32-14-20(29)24-26-22(30)19-4-3-13-31-19/h3-13H,14H2,1-2H3,(H,24,29)(H,26,30). The second-order valence-electron chi connectivity index (χ2n) is 7.11. The van der Waals surface area contributed by atoms with E-state index in [0.29, 0.717) is 11.0 Å². The molecule has 0 bridgehead atoms. The van der Waals surface area contributed by atoms with Gasteiger partial charge in [0.05, 0.1) is 12.0 Å². The summed E-state index contributed by atoms with van der Waals surface area (Å²) in [6, 6.07) is 19.1. The minimum Gasteiger partial charge on any atom is -0.459 e. The van der Waals surface area contributed by atoms with Gasteiger partial charge in [0.2, 0.25) is 5.91 Å². The molecule has 0 aliphatic rings. The van der Waals surface area contributed by atoms with Crippen LogP contribution in [0, 0.1) is 13.8 Å². The van der Waals surface area contributed by atoms with Crippen LogP contribution in [0.15, 0.2) is 76.5 Å². The van der Waals surface area contributed by atoms with Gasteiger partial charge in [0.25, 0.3) is 0 Å². The molecule has 2 amide bonds. The van der Waals surface area contributed by atoms with Crippen molar-refractivity contribution >= 4 is 23.6 Å². The number of carbonyl (C=O) groups is 2. The maximum absolute atomic E-state index is 12.3. The second-order valence-corrected chi connectivity index (χ2v) is 8.05. The number of amides is 2. The SMILES string of the molecule is Cc1ccc(-c2nnc(SCC(=O)NNC(=O)c3ccco3)n2-c2ccc(C)cc2)cc1. The first-order chi connectivity index (χ1) is 15.5. The molecule has 2 N–H and O–H groups in total. The summed E-state index contributed by atoms with van der Waals surface area (Å²) in [7, 11) is 0. The normalized spacial score (nSPS) is 10.7. The van der Waals surface area contributed by atoms with Gasteiger partial charge in [0, 0.05) is 11.3 Å². The summed E-state index contributed by atoms with van der Waals surface area (Å²) in [5.74, 6) is -0.0816. The Bertz CT molecular complexity index is 1220. The van der Waals surface area contributed by atoms with E-state index < -0.39 is 5.91 Å². The van der Waals surface area contributed by atoms with E-state index in [1.165, 1.54) is 24.1 Å². The van der Waals surface area contributed by atoms with Gasteiger partial charge in [0.15, 0.2) is 16.7 Å². The molecule has 0 radical (unpaired) electrons. The molecule has 32 heavy (non-hydrogen) atoms. The molecule has 2 aromatic carbocycles. The molecular formula is C23H21N5O3S. The minimum absolute atomic E-state index is 0.0380. The number of carbonyl (C=O) groups excluding carboxylic acids is 2. The summed E-state index contributed by atoms with van der Waals surface area (Å²) in [4.78, 5) is 24.1. The number of hydrogen-bond acceptors (Lipinski definition) is 6. The van der Waals surface area contributed by atoms with Gasteiger partial charge >= 0.3 is 5.91 Å². The molecule has 162 valence electrons. The fraction of sp³-hybridized carbons (Fsp3) is 0.130. The molecule has 0 spiro atoms. The number of aryl methyl sites for hydroxylation is 2. The zero-order chi connectivity index (χ0) is 22.5. The summed E-state index contributed by atoms with van der Waals surface area (Å²) >= 11 is 1.22. The molecule has 0 aliphatic heterocycles. The first-order valence-electron chi connectivity index (χ1n) is 9.86. The van der Waals surface area contributed by atoms with E-state index in [4.69, 9.17) is 4.42 Å². The molecule has 0 atom stereocenters. The average molecular weight is 448 g/mol. The van der Waals surface area contributed by atoms with Gasteiger partial charge in [-0.3, -0.25) is 25.0 Å². The fourth-order valence-corrected chi connectivity index (χ4v) is 3.69. The Hall–Kier alpha value is -3.85. The lowest BCUT2D eigenvalue weighted by atomic mass is 10.1. The van der Waals surface area contributed by atoms with Crippen molar-refractivity contribution in [1.82, 2.24) is 25.6 Å². The van der Waals surface area contributed by atoms with E-state index in [9.17, 15) is 9.59 Å². The van der Waals surface area contributed by atoms with Crippen LogP contribution in [0.5, 0.6) is 0 Å². The molecule has 0 saturated heterocycles. The average Bonchev–Trinajstić information content (AvgIpc) is 3.48. The Balaban J connectivity index is 1.51. The quantitative estimate of drug-likeness (QED) is 0.345. The monoisotopic (exact) mass is 447 g/mol. The Morgan fingerprint density at radius 3 is 2.28 bits per heavy atom. The van der Waals surface area contributed by atoms with Crippen LogP contribution in [0.25, 0.3) is 17.1 Å². The highest BCUT2D eigenvalue weighted by molar-refractivity contribution is 7.99. The summed E-state index contributed by atoms with van der Waals surface area (Å²) in [5.41, 5.74) is 8.80. The van der Waals surface area contributed by atoms with Crippen molar-refractivity contribution < 1.29 is 14.0 Å². The topological polar surface area (TPSA) is 102 Å². The minimum atomic E-state index is -0.530. The molecule has 9 heteroatoms. The van der Waals surface area contributed by atoms with Gasteiger partial charge in [-0.05, 0) is 38.1 Å². The number of furan rings is 1. The summed E-state index contributed by atoms with van der Waals surface area (Å²) in [5, 5.41) is 9.26. The lowest BCUT2D eigenvalue weighted by Crippen LogP contribution is -2.42. The number of hydrazine groups is 1. The predicted molar refractivity (Wildman–Crippen MR) is 121 cm³/mol. The van der Waals surface area contributed by atoms with Crippen molar-refractivity contribution in [2.75, 3.05) is 5.75 Å². The molecule has 0 fully saturated rings. The van der Waals surface area contributed by atoms with Crippen molar-refractivity contribution in [3.63, 3.8) is 0 Å². The highest BCUT2D eigenvalue weighted by Gasteiger charge is 2.18. The van der Waals surface area contributed by atoms with Crippen LogP contribution >= 0.6 is 11.8 Å². The molecule has 0 aliphatic carbocycles. The van der Waals surface area contributed by atoms with E-state index in [0.717, 1.165) is 22.4 Å². The predicted octanol–water partition coefficient (Wildman–Crippen LogP) is 3.70. The Morgan fingerprint density at radius 2 is 1.62 bits per heavy atom. The summed E-state index contributed by atoms with van der Waals surface area (Å²) < 4.78 is 6.91. The number of thioether (sulfide) groups is 1. The number of aromatic nitrogens is 3. The molecule has 0 unspecified atom stereocenters. The van der Waals surface area contributed by atoms with Gasteiger partial charge in [0.1, 0.15) is 0 Å². The van der Waals surface area contributed by atoms with Gasteiger partial charge in [-0.25, -0.2) is 0 Å². The van der Waals surface area contributed by atoms with Crippen LogP contribution in [0.4, 0.5) is 0 Å². The van der Waals surface area contributed by atoms with Crippen LogP contribution < -0.4 is 10.9 Å². The van der Waals surface area contributed by atoms with Crippen LogP contribution in [0.1, 0.15) is 21.7 Å². The van der Waals surface area contributed by atoms with Crippen LogP contribution in [-0.2, 0) is 4.79 Å². The number of hydrogen-bond donors (Lipinski definition) is 2. The highest BCUT2D eigenvalue weighted by atomic mass is 32.2. The van der Waals surface area contributed by atoms with Gasteiger partial charge in [-0.15, -0.1) is 10.2 Å². The molecule has 4 aromatic rings. The Kier molecular flexibility index (Phi) is 6.37. The second kappa shape index (κ2) is 9.52. The molecule has 2 heterocycles. The van der Waals surface area contributed by atoms with Crippen molar-refractivity contribution in [3.05, 3.63) is 83.8 Å². The lowest BCUT2D eigenvalue weighted by Gasteiger charge is -2.11. The van der Waals surface area contributed by atoms with Gasteiger partial charge in [-0.1, -0.05) is 59.3 Å². The van der Waals surface area contributed by atoms with Crippen molar-refractivity contribution in [1.29, 1.82) is 0 Å². The maximum Gasteiger partial charge on any atom is 0.305 e. The molecule has 8 nitrogen and oxygen atoms in total. The molecule has 2 aromatic heterocycles. The van der Waals surface area contributed by atoms with E-state index in [1.807, 2.05) is 66.9 Å². The maximum atomic E-state index is 12.3. The van der Waals surface area contributed by atoms with Crippen molar-refractivity contribution in [2.24, 2.45) is 0 Å². The number of nitrogens with one attached hydrogen (secondary N) is 2. The Morgan fingerprint density at radius 1 is 0.938 bits per heavy atom. The third-order valence-corrected chi connectivity index (χ3v) is 5.56. The van der Waals surface area contributed by atoms with E-state index in [-0.39, 0.29) is 17.4 Å². The molecule has 4 rings (SSSR count). The number of nitrogens with zero attached hydrogens (tertiary/aromatic N) is 3. The largest absolute Gasteiger partial charge is 0.459 e. The zero-order valence-corrected chi connectivity index (χ0v) is 18.3. The van der Waals surface area contributed by atoms with Crippen LogP contribution in [-0.4, -0.2) is 32.3 Å². The van der Waals surface area contributed by atoms with Crippen molar-refractivity contribution in [2.45, 2.75) is 19.0 Å². The van der Waals surface area contributed by atoms with Crippen LogP contribution in [0.3, 0.4) is 0 Å². The fourth-order valence-electron chi connectivity index (χ4n) is 2.94. The first-order valence-corrected chi connectivity index (χ1v) is 10.8. The molecular weight excluding hydrogens is 426 g/mol. The third kappa shape index (κ3) is 4.89. The van der Waals surface area contributed by atoms with E-state index in [1.54, 1.807) is 6.07 Å². The number of benzene rings is 2. The summed E-state index contributed by atoms with van der Waals surface area (Å²) in [6.07, 6.45) is 1.39. The zero-order valence-electron chi connectivity index (χ0n) is 17.5. The Labute approximate surface area is 189 Å². The summed E-state index contributed by atoms with van der Waals surface area (Å²) in [6.45, 7) is 4.05. The lowest BCUT2D eigenvalue weighted by molar-refractivity contribution is -0.119. The van der Waals surface area contributed by atoms with E-state index >= 15 is 0 Å². The third-order valence-electron chi connectivity index (χ3n) is 4.63. The van der Waals surface area contributed by atoms with Crippen LogP contribution in [0.2, 0.25) is 0 Å². The number of rotatable bonds is 6. The van der Waals surface area contributed by atoms with Crippen molar-refractivity contribution in [3.8, 4) is 17.1 Å². The van der Waals surface area contributed by atoms with Gasteiger partial charge in [-0.2, -0.15) is 0 Å². The first kappa shape index (κ1) is 21.4. The smallest absolute Gasteiger partial charge is 0.305 e. The molecule has 0 saturated carbocycles. The van der Waals surface area contributed by atoms with E-state index in [2.05, 4.69) is 21.0 Å².